The van der Waals surface area contributed by atoms with Gasteiger partial charge in [0.2, 0.25) is 0 Å². The molecule has 0 aliphatic carbocycles. The highest BCUT2D eigenvalue weighted by Crippen LogP contribution is 2.28. The van der Waals surface area contributed by atoms with Gasteiger partial charge in [0.05, 0.1) is 11.1 Å². The van der Waals surface area contributed by atoms with Crippen LogP contribution in [0.1, 0.15) is 33.2 Å². The average Bonchev–Trinajstić information content (AvgIpc) is 3.25. The predicted molar refractivity (Wildman–Crippen MR) is 99.9 cm³/mol. The Hall–Kier alpha value is -3.48. The van der Waals surface area contributed by atoms with Gasteiger partial charge in [-0.1, -0.05) is 30.3 Å². The van der Waals surface area contributed by atoms with Crippen LogP contribution in [-0.2, 0) is 20.7 Å². The summed E-state index contributed by atoms with van der Waals surface area (Å²) in [6.07, 6.45) is 0.751. The molecule has 0 saturated carbocycles. The average molecular weight is 378 g/mol. The van der Waals surface area contributed by atoms with Crippen LogP contribution in [0, 0.1) is 0 Å². The number of ether oxygens (including phenoxy) is 1. The quantitative estimate of drug-likeness (QED) is 0.598. The molecule has 2 aliphatic rings. The number of fused-ring (bicyclic) bond motifs is 2. The maximum absolute atomic E-state index is 12.5. The van der Waals surface area contributed by atoms with Crippen molar-refractivity contribution in [3.63, 3.8) is 0 Å². The highest BCUT2D eigenvalue weighted by Gasteiger charge is 2.41. The second-order valence-corrected chi connectivity index (χ2v) is 6.73. The molecule has 142 valence electrons. The lowest BCUT2D eigenvalue weighted by molar-refractivity contribution is -0.151. The van der Waals surface area contributed by atoms with Crippen LogP contribution < -0.4 is 4.90 Å². The Morgan fingerprint density at radius 3 is 2.29 bits per heavy atom. The Morgan fingerprint density at radius 1 is 1.00 bits per heavy atom. The van der Waals surface area contributed by atoms with E-state index in [0.717, 1.165) is 22.6 Å². The van der Waals surface area contributed by atoms with Crippen LogP contribution >= 0.6 is 0 Å². The van der Waals surface area contributed by atoms with Crippen molar-refractivity contribution in [1.82, 2.24) is 4.90 Å². The zero-order chi connectivity index (χ0) is 19.8. The van der Waals surface area contributed by atoms with E-state index in [-0.39, 0.29) is 17.0 Å². The third-order valence-electron chi connectivity index (χ3n) is 5.08. The first-order valence-corrected chi connectivity index (χ1v) is 9.01. The minimum absolute atomic E-state index is 0.261. The van der Waals surface area contributed by atoms with Crippen molar-refractivity contribution in [1.29, 1.82) is 0 Å². The lowest BCUT2D eigenvalue weighted by Crippen LogP contribution is -2.44. The highest BCUT2D eigenvalue weighted by atomic mass is 16.5. The molecule has 0 bridgehead atoms. The van der Waals surface area contributed by atoms with Crippen LogP contribution in [0.3, 0.4) is 0 Å². The van der Waals surface area contributed by atoms with E-state index in [1.54, 1.807) is 29.2 Å². The van der Waals surface area contributed by atoms with Crippen LogP contribution in [0.15, 0.2) is 48.5 Å². The molecule has 7 heteroatoms. The molecule has 0 fully saturated rings. The monoisotopic (exact) mass is 378 g/mol. The number of nitrogens with zero attached hydrogens (tertiary/aromatic N) is 2. The van der Waals surface area contributed by atoms with Gasteiger partial charge in [0.1, 0.15) is 6.04 Å². The molecule has 1 atom stereocenters. The molecule has 0 saturated heterocycles. The summed E-state index contributed by atoms with van der Waals surface area (Å²) < 4.78 is 5.12. The number of hydrogen-bond acceptors (Lipinski definition) is 5. The van der Waals surface area contributed by atoms with Gasteiger partial charge in [-0.3, -0.25) is 19.3 Å². The molecule has 0 unspecified atom stereocenters. The van der Waals surface area contributed by atoms with E-state index in [2.05, 4.69) is 0 Å². The minimum Gasteiger partial charge on any atom is -0.454 e. The summed E-state index contributed by atoms with van der Waals surface area (Å²) in [5.74, 6) is -2.21. The zero-order valence-corrected chi connectivity index (χ0v) is 15.3. The first-order valence-electron chi connectivity index (χ1n) is 9.01. The minimum atomic E-state index is -1.12. The lowest BCUT2D eigenvalue weighted by Gasteiger charge is -2.22. The van der Waals surface area contributed by atoms with Gasteiger partial charge in [0.25, 0.3) is 17.7 Å². The fraction of sp³-hybridized carbons (Fsp3) is 0.238. The van der Waals surface area contributed by atoms with Crippen LogP contribution in [0.4, 0.5) is 5.69 Å². The first kappa shape index (κ1) is 17.9. The van der Waals surface area contributed by atoms with Crippen LogP contribution in [0.2, 0.25) is 0 Å². The molecule has 0 radical (unpaired) electrons. The van der Waals surface area contributed by atoms with E-state index in [4.69, 9.17) is 4.74 Å². The van der Waals surface area contributed by atoms with Gasteiger partial charge >= 0.3 is 5.97 Å². The molecule has 3 amide bonds. The topological polar surface area (TPSA) is 84.0 Å². The van der Waals surface area contributed by atoms with Crippen LogP contribution in [-0.4, -0.2) is 47.8 Å². The summed E-state index contributed by atoms with van der Waals surface area (Å²) >= 11 is 0. The third-order valence-corrected chi connectivity index (χ3v) is 5.08. The van der Waals surface area contributed by atoms with E-state index >= 15 is 0 Å². The van der Waals surface area contributed by atoms with E-state index in [9.17, 15) is 19.2 Å². The summed E-state index contributed by atoms with van der Waals surface area (Å²) in [7, 11) is 0. The number of benzene rings is 2. The van der Waals surface area contributed by atoms with Gasteiger partial charge in [0.15, 0.2) is 6.61 Å². The van der Waals surface area contributed by atoms with Crippen LogP contribution in [0.5, 0.6) is 0 Å². The second-order valence-electron chi connectivity index (χ2n) is 6.73. The van der Waals surface area contributed by atoms with Crippen molar-refractivity contribution in [3.05, 3.63) is 65.2 Å². The maximum atomic E-state index is 12.5. The molecule has 7 nitrogen and oxygen atoms in total. The molecule has 2 heterocycles. The number of rotatable bonds is 4. The summed E-state index contributed by atoms with van der Waals surface area (Å²) in [5, 5.41) is 0. The van der Waals surface area contributed by atoms with Gasteiger partial charge in [0, 0.05) is 12.2 Å². The van der Waals surface area contributed by atoms with Gasteiger partial charge in [-0.15, -0.1) is 0 Å². The normalized spacial score (nSPS) is 16.0. The summed E-state index contributed by atoms with van der Waals surface area (Å²) in [6, 6.07) is 12.8. The fourth-order valence-corrected chi connectivity index (χ4v) is 3.59. The maximum Gasteiger partial charge on any atom is 0.329 e. The standard InChI is InChI=1S/C21H18N2O5/c1-13(23-19(25)15-7-3-4-8-16(15)20(23)26)21(27)28-12-18(24)22-11-10-14-6-2-5-9-17(14)22/h2-9,13H,10-12H2,1H3/t13-/m1/s1. The Labute approximate surface area is 161 Å². The molecule has 2 aromatic carbocycles. The fourth-order valence-electron chi connectivity index (χ4n) is 3.59. The molecule has 2 aromatic rings. The van der Waals surface area contributed by atoms with Crippen molar-refractivity contribution in [2.75, 3.05) is 18.1 Å². The van der Waals surface area contributed by atoms with E-state index in [1.807, 2.05) is 24.3 Å². The Bertz CT molecular complexity index is 965. The number of amides is 3. The number of carbonyl (C=O) groups is 4. The van der Waals surface area contributed by atoms with Crippen molar-refractivity contribution in [3.8, 4) is 0 Å². The van der Waals surface area contributed by atoms with E-state index in [0.29, 0.717) is 6.54 Å². The SMILES string of the molecule is C[C@H](C(=O)OCC(=O)N1CCc2ccccc21)N1C(=O)c2ccccc2C1=O. The summed E-state index contributed by atoms with van der Waals surface area (Å²) in [4.78, 5) is 52.2. The Balaban J connectivity index is 1.40. The molecular weight excluding hydrogens is 360 g/mol. The van der Waals surface area contributed by atoms with Crippen molar-refractivity contribution < 1.29 is 23.9 Å². The molecule has 2 aliphatic heterocycles. The number of imide groups is 1. The van der Waals surface area contributed by atoms with Gasteiger partial charge in [-0.2, -0.15) is 0 Å². The number of anilines is 1. The van der Waals surface area contributed by atoms with Crippen molar-refractivity contribution in [2.24, 2.45) is 0 Å². The summed E-state index contributed by atoms with van der Waals surface area (Å²) in [6.45, 7) is 1.50. The summed E-state index contributed by atoms with van der Waals surface area (Å²) in [5.41, 5.74) is 2.41. The molecule has 0 N–H and O–H groups in total. The molecule has 0 aromatic heterocycles. The van der Waals surface area contributed by atoms with E-state index < -0.39 is 30.4 Å². The van der Waals surface area contributed by atoms with Gasteiger partial charge in [-0.25, -0.2) is 4.79 Å². The van der Waals surface area contributed by atoms with Gasteiger partial charge in [-0.05, 0) is 37.1 Å². The molecular formula is C21H18N2O5. The Kier molecular flexibility index (Phi) is 4.43. The smallest absolute Gasteiger partial charge is 0.329 e. The molecule has 28 heavy (non-hydrogen) atoms. The third kappa shape index (κ3) is 2.85. The van der Waals surface area contributed by atoms with Crippen LogP contribution in [0.25, 0.3) is 0 Å². The van der Waals surface area contributed by atoms with Crippen molar-refractivity contribution in [2.45, 2.75) is 19.4 Å². The second kappa shape index (κ2) is 6.92. The lowest BCUT2D eigenvalue weighted by atomic mass is 10.1. The largest absolute Gasteiger partial charge is 0.454 e. The molecule has 0 spiro atoms. The highest BCUT2D eigenvalue weighted by molar-refractivity contribution is 6.22. The number of esters is 1. The van der Waals surface area contributed by atoms with Gasteiger partial charge < -0.3 is 9.64 Å². The van der Waals surface area contributed by atoms with E-state index in [1.165, 1.54) is 6.92 Å². The predicted octanol–water partition coefficient (Wildman–Crippen LogP) is 1.80. The number of para-hydroxylation sites is 1. The Morgan fingerprint density at radius 2 is 1.61 bits per heavy atom. The zero-order valence-electron chi connectivity index (χ0n) is 15.3. The first-order chi connectivity index (χ1) is 13.5. The molecule has 4 rings (SSSR count). The number of carbonyl (C=O) groups excluding carboxylic acids is 4. The van der Waals surface area contributed by atoms with Crippen molar-refractivity contribution >= 4 is 29.4 Å². The number of hydrogen-bond donors (Lipinski definition) is 0.